The minimum Gasteiger partial charge on any atom is -0.678 e. The van der Waals surface area contributed by atoms with Crippen LogP contribution in [0.2, 0.25) is 0 Å². The van der Waals surface area contributed by atoms with E-state index in [1.807, 2.05) is 0 Å². The molecule has 2 heteroatoms. The van der Waals surface area contributed by atoms with E-state index in [9.17, 15) is 0 Å². The molecule has 0 rings (SSSR count). The van der Waals surface area contributed by atoms with Crippen LogP contribution >= 0.6 is 0 Å². The third-order valence-corrected chi connectivity index (χ3v) is 0. The summed E-state index contributed by atoms with van der Waals surface area (Å²) in [5.74, 6) is 0. The number of hydrogen-bond acceptors (Lipinski definition) is 0. The zero-order valence-corrected chi connectivity index (χ0v) is 3.45. The summed E-state index contributed by atoms with van der Waals surface area (Å²) in [6, 6.07) is 0. The Morgan fingerprint density at radius 3 is 1.75 bits per heavy atom. The van der Waals surface area contributed by atoms with Crippen LogP contribution in [0.3, 0.4) is 0 Å². The Labute approximate surface area is 37.0 Å². The van der Waals surface area contributed by atoms with E-state index in [0.29, 0.717) is 6.54 Å². The molecule has 1 N–H and O–H groups in total. The Bertz CT molecular complexity index is 6.00. The standard InChI is InChI=1S/C2H6N.Cu/c1-2-3;/h3H,2H2,1H3;/q-1;+2. The zero-order valence-electron chi connectivity index (χ0n) is 2.51. The molecular weight excluding hydrogens is 102 g/mol. The van der Waals surface area contributed by atoms with E-state index in [-0.39, 0.29) is 17.1 Å². The maximum atomic E-state index is 6.21. The zero-order chi connectivity index (χ0) is 2.71. The summed E-state index contributed by atoms with van der Waals surface area (Å²) in [6.45, 7) is 2.29. The Balaban J connectivity index is 0. The molecule has 0 fully saturated rings. The Morgan fingerprint density at radius 2 is 1.75 bits per heavy atom. The van der Waals surface area contributed by atoms with Crippen molar-refractivity contribution in [3.8, 4) is 0 Å². The van der Waals surface area contributed by atoms with Gasteiger partial charge in [0.15, 0.2) is 0 Å². The van der Waals surface area contributed by atoms with Crippen LogP contribution in [0, 0.1) is 0 Å². The summed E-state index contributed by atoms with van der Waals surface area (Å²) < 4.78 is 0. The summed E-state index contributed by atoms with van der Waals surface area (Å²) >= 11 is 0. The van der Waals surface area contributed by atoms with Crippen LogP contribution in [-0.2, 0) is 17.1 Å². The predicted molar refractivity (Wildman–Crippen MR) is 14.9 cm³/mol. The summed E-state index contributed by atoms with van der Waals surface area (Å²) in [5, 5.41) is 0. The van der Waals surface area contributed by atoms with Crippen LogP contribution in [-0.4, -0.2) is 6.54 Å². The van der Waals surface area contributed by atoms with Gasteiger partial charge in [-0.25, -0.2) is 0 Å². The maximum absolute atomic E-state index is 6.21. The molecule has 29 valence electrons. The van der Waals surface area contributed by atoms with E-state index in [2.05, 4.69) is 0 Å². The van der Waals surface area contributed by atoms with Gasteiger partial charge in [-0.1, -0.05) is 6.92 Å². The van der Waals surface area contributed by atoms with Crippen molar-refractivity contribution in [2.24, 2.45) is 0 Å². The minimum atomic E-state index is 0. The number of hydrogen-bond donors (Lipinski definition) is 0. The second kappa shape index (κ2) is 9.77. The fourth-order valence-corrected chi connectivity index (χ4v) is 0. The molecule has 0 bridgehead atoms. The van der Waals surface area contributed by atoms with Crippen molar-refractivity contribution < 1.29 is 17.1 Å². The molecule has 0 aliphatic heterocycles. The topological polar surface area (TPSA) is 23.8 Å². The van der Waals surface area contributed by atoms with Gasteiger partial charge in [0.05, 0.1) is 0 Å². The van der Waals surface area contributed by atoms with E-state index in [0.717, 1.165) is 0 Å². The van der Waals surface area contributed by atoms with Crippen LogP contribution in [0.15, 0.2) is 0 Å². The van der Waals surface area contributed by atoms with Crippen molar-refractivity contribution in [2.75, 3.05) is 6.54 Å². The maximum Gasteiger partial charge on any atom is 2.00 e. The van der Waals surface area contributed by atoms with Crippen LogP contribution in [0.5, 0.6) is 0 Å². The van der Waals surface area contributed by atoms with Gasteiger partial charge in [-0.2, -0.15) is 6.54 Å². The van der Waals surface area contributed by atoms with E-state index >= 15 is 0 Å². The second-order valence-electron chi connectivity index (χ2n) is 0.354. The van der Waals surface area contributed by atoms with Crippen molar-refractivity contribution in [3.63, 3.8) is 0 Å². The van der Waals surface area contributed by atoms with Crippen molar-refractivity contribution in [1.29, 1.82) is 0 Å². The van der Waals surface area contributed by atoms with E-state index in [4.69, 9.17) is 5.73 Å². The van der Waals surface area contributed by atoms with Crippen molar-refractivity contribution in [2.45, 2.75) is 6.92 Å². The number of nitrogens with one attached hydrogen (secondary N) is 1. The van der Waals surface area contributed by atoms with Gasteiger partial charge in [-0.15, -0.1) is 0 Å². The molecule has 0 unspecified atom stereocenters. The van der Waals surface area contributed by atoms with Crippen LogP contribution in [0.1, 0.15) is 6.92 Å². The Kier molecular flexibility index (Phi) is 21.6. The molecule has 0 aromatic carbocycles. The molecule has 0 heterocycles. The molecule has 4 heavy (non-hydrogen) atoms. The summed E-state index contributed by atoms with van der Waals surface area (Å²) in [4.78, 5) is 0. The van der Waals surface area contributed by atoms with E-state index in [1.54, 1.807) is 6.92 Å². The molecule has 0 spiro atoms. The quantitative estimate of drug-likeness (QED) is 0.414. The molecule has 1 nitrogen and oxygen atoms in total. The third-order valence-electron chi connectivity index (χ3n) is 0. The van der Waals surface area contributed by atoms with Crippen molar-refractivity contribution >= 4 is 0 Å². The molecule has 1 radical (unpaired) electrons. The molecule has 0 saturated heterocycles. The first kappa shape index (κ1) is 8.82. The van der Waals surface area contributed by atoms with Gasteiger partial charge in [-0.3, -0.25) is 0 Å². The molecule has 0 aliphatic carbocycles. The van der Waals surface area contributed by atoms with Crippen molar-refractivity contribution in [3.05, 3.63) is 5.73 Å². The minimum absolute atomic E-state index is 0. The Hall–Kier alpha value is 0.479. The fraction of sp³-hybridized carbons (Fsp3) is 1.00. The first-order chi connectivity index (χ1) is 1.41. The first-order valence-corrected chi connectivity index (χ1v) is 1.06. The molecule has 0 saturated carbocycles. The summed E-state index contributed by atoms with van der Waals surface area (Å²) in [6.07, 6.45) is 0. The largest absolute Gasteiger partial charge is 2.00 e. The molecule has 0 amide bonds. The van der Waals surface area contributed by atoms with Crippen molar-refractivity contribution in [1.82, 2.24) is 0 Å². The van der Waals surface area contributed by atoms with Gasteiger partial charge in [0, 0.05) is 0 Å². The third kappa shape index (κ3) is 23.6. The summed E-state index contributed by atoms with van der Waals surface area (Å²) in [5.41, 5.74) is 6.21. The average molecular weight is 108 g/mol. The average Bonchev–Trinajstić information content (AvgIpc) is 0.918. The molecular formula is C2H6CuN+. The van der Waals surface area contributed by atoms with E-state index in [1.165, 1.54) is 0 Å². The van der Waals surface area contributed by atoms with Gasteiger partial charge in [0.1, 0.15) is 0 Å². The van der Waals surface area contributed by atoms with E-state index < -0.39 is 0 Å². The molecule has 0 aliphatic rings. The van der Waals surface area contributed by atoms with Crippen LogP contribution in [0.4, 0.5) is 0 Å². The van der Waals surface area contributed by atoms with Gasteiger partial charge >= 0.3 is 17.1 Å². The van der Waals surface area contributed by atoms with Gasteiger partial charge in [-0.05, 0) is 0 Å². The van der Waals surface area contributed by atoms with Gasteiger partial charge in [0.2, 0.25) is 0 Å². The molecule has 0 aromatic rings. The molecule has 0 atom stereocenters. The molecule has 0 aromatic heterocycles. The SMILES string of the molecule is CC[NH-].[Cu+2]. The fourth-order valence-electron chi connectivity index (χ4n) is 0. The monoisotopic (exact) mass is 107 g/mol. The predicted octanol–water partition coefficient (Wildman–Crippen LogP) is 1.06. The van der Waals surface area contributed by atoms with Crippen LogP contribution in [0.25, 0.3) is 5.73 Å². The second-order valence-corrected chi connectivity index (χ2v) is 0.354. The number of rotatable bonds is 0. The van der Waals surface area contributed by atoms with Gasteiger partial charge < -0.3 is 5.73 Å². The Morgan fingerprint density at radius 1 is 1.75 bits per heavy atom. The smallest absolute Gasteiger partial charge is 0.678 e. The normalized spacial score (nSPS) is 4.50. The summed E-state index contributed by atoms with van der Waals surface area (Å²) in [7, 11) is 0. The van der Waals surface area contributed by atoms with Gasteiger partial charge in [0.25, 0.3) is 0 Å². The van der Waals surface area contributed by atoms with Crippen LogP contribution < -0.4 is 0 Å². The first-order valence-electron chi connectivity index (χ1n) is 1.06.